The van der Waals surface area contributed by atoms with E-state index in [0.29, 0.717) is 19.3 Å². The van der Waals surface area contributed by atoms with Crippen LogP contribution in [-0.4, -0.2) is 34.7 Å². The molecule has 0 aliphatic carbocycles. The molecule has 0 aromatic carbocycles. The summed E-state index contributed by atoms with van der Waals surface area (Å²) in [4.78, 5) is 11.2. The van der Waals surface area contributed by atoms with Gasteiger partial charge in [0.05, 0.1) is 0 Å². The van der Waals surface area contributed by atoms with Gasteiger partial charge >= 0.3 is 6.09 Å². The molecule has 0 bridgehead atoms. The first-order valence-electron chi connectivity index (χ1n) is 5.13. The van der Waals surface area contributed by atoms with E-state index in [-0.39, 0.29) is 6.61 Å². The molecule has 1 unspecified atom stereocenters. The van der Waals surface area contributed by atoms with Gasteiger partial charge in [-0.05, 0) is 40.0 Å². The van der Waals surface area contributed by atoms with Gasteiger partial charge in [-0.25, -0.2) is 4.79 Å². The summed E-state index contributed by atoms with van der Waals surface area (Å²) in [5, 5.41) is 20.2. The zero-order valence-corrected chi connectivity index (χ0v) is 9.62. The zero-order chi connectivity index (χ0) is 11.9. The van der Waals surface area contributed by atoms with Gasteiger partial charge in [0.15, 0.2) is 0 Å². The molecule has 5 heteroatoms. The highest BCUT2D eigenvalue weighted by molar-refractivity contribution is 5.67. The summed E-state index contributed by atoms with van der Waals surface area (Å²) in [6, 6.07) is 0. The molecule has 5 nitrogen and oxygen atoms in total. The van der Waals surface area contributed by atoms with Crippen LogP contribution in [0.25, 0.3) is 0 Å². The fourth-order valence-corrected chi connectivity index (χ4v) is 0.965. The van der Waals surface area contributed by atoms with Crippen molar-refractivity contribution in [3.05, 3.63) is 0 Å². The van der Waals surface area contributed by atoms with E-state index in [9.17, 15) is 9.90 Å². The average Bonchev–Trinajstić information content (AvgIpc) is 2.00. The maximum absolute atomic E-state index is 11.2. The van der Waals surface area contributed by atoms with E-state index in [1.807, 2.05) is 0 Å². The van der Waals surface area contributed by atoms with E-state index >= 15 is 0 Å². The molecule has 0 rings (SSSR count). The largest absolute Gasteiger partial charge is 0.444 e. The molecule has 0 fully saturated rings. The van der Waals surface area contributed by atoms with Crippen LogP contribution in [0.3, 0.4) is 0 Å². The van der Waals surface area contributed by atoms with Gasteiger partial charge in [0.1, 0.15) is 11.8 Å². The van der Waals surface area contributed by atoms with Gasteiger partial charge in [-0.3, -0.25) is 5.32 Å². The molecule has 1 atom stereocenters. The number of rotatable bonds is 5. The van der Waals surface area contributed by atoms with Crippen LogP contribution >= 0.6 is 0 Å². The first kappa shape index (κ1) is 14.2. The maximum atomic E-state index is 11.2. The third kappa shape index (κ3) is 9.49. The van der Waals surface area contributed by atoms with Gasteiger partial charge < -0.3 is 14.9 Å². The number of ether oxygens (including phenoxy) is 1. The Morgan fingerprint density at radius 1 is 1.40 bits per heavy atom. The number of carbonyl (C=O) groups excluding carboxylic acids is 1. The van der Waals surface area contributed by atoms with Crippen LogP contribution in [0.1, 0.15) is 40.0 Å². The standard InChI is InChI=1S/C10H21NO4/c1-10(2,3)15-9(14)11-8(13)6-4-5-7-12/h8,12-13H,4-7H2,1-3H3,(H,11,14). The molecule has 0 aliphatic rings. The molecule has 0 heterocycles. The third-order valence-corrected chi connectivity index (χ3v) is 1.57. The number of aliphatic hydroxyl groups excluding tert-OH is 2. The van der Waals surface area contributed by atoms with Crippen molar-refractivity contribution >= 4 is 6.09 Å². The quantitative estimate of drug-likeness (QED) is 0.476. The van der Waals surface area contributed by atoms with Crippen molar-refractivity contribution in [2.45, 2.75) is 51.9 Å². The molecule has 1 amide bonds. The molecule has 0 aliphatic heterocycles. The Morgan fingerprint density at radius 2 is 2.00 bits per heavy atom. The zero-order valence-electron chi connectivity index (χ0n) is 9.62. The maximum Gasteiger partial charge on any atom is 0.409 e. The molecule has 0 saturated carbocycles. The lowest BCUT2D eigenvalue weighted by Gasteiger charge is -2.21. The molecule has 90 valence electrons. The van der Waals surface area contributed by atoms with Crippen LogP contribution in [0.4, 0.5) is 4.79 Å². The summed E-state index contributed by atoms with van der Waals surface area (Å²) in [6.45, 7) is 5.36. The Morgan fingerprint density at radius 3 is 2.47 bits per heavy atom. The molecule has 0 saturated heterocycles. The number of hydrogen-bond donors (Lipinski definition) is 3. The normalized spacial score (nSPS) is 13.4. The van der Waals surface area contributed by atoms with Gasteiger partial charge in [0, 0.05) is 6.61 Å². The van der Waals surface area contributed by atoms with Crippen LogP contribution in [-0.2, 0) is 4.74 Å². The average molecular weight is 219 g/mol. The number of hydrogen-bond acceptors (Lipinski definition) is 4. The van der Waals surface area contributed by atoms with Crippen molar-refractivity contribution in [2.24, 2.45) is 0 Å². The van der Waals surface area contributed by atoms with Crippen molar-refractivity contribution in [2.75, 3.05) is 6.61 Å². The van der Waals surface area contributed by atoms with Gasteiger partial charge in [-0.1, -0.05) is 0 Å². The van der Waals surface area contributed by atoms with Crippen molar-refractivity contribution in [1.82, 2.24) is 5.32 Å². The molecule has 0 aromatic rings. The molecule has 15 heavy (non-hydrogen) atoms. The minimum absolute atomic E-state index is 0.0964. The number of alkyl carbamates (subject to hydrolysis) is 1. The predicted octanol–water partition coefficient (Wildman–Crippen LogP) is 0.992. The highest BCUT2D eigenvalue weighted by Crippen LogP contribution is 2.07. The second kappa shape index (κ2) is 6.63. The third-order valence-electron chi connectivity index (χ3n) is 1.57. The second-order valence-electron chi connectivity index (χ2n) is 4.38. The van der Waals surface area contributed by atoms with E-state index in [2.05, 4.69) is 5.32 Å². The fourth-order valence-electron chi connectivity index (χ4n) is 0.965. The van der Waals surface area contributed by atoms with E-state index in [1.165, 1.54) is 0 Å². The summed E-state index contributed by atoms with van der Waals surface area (Å²) in [6.07, 6.45) is 0.158. The van der Waals surface area contributed by atoms with Gasteiger partial charge in [-0.2, -0.15) is 0 Å². The van der Waals surface area contributed by atoms with Crippen LogP contribution in [0.15, 0.2) is 0 Å². The topological polar surface area (TPSA) is 78.8 Å². The van der Waals surface area contributed by atoms with Crippen molar-refractivity contribution in [3.8, 4) is 0 Å². The van der Waals surface area contributed by atoms with E-state index in [1.54, 1.807) is 20.8 Å². The second-order valence-corrected chi connectivity index (χ2v) is 4.38. The highest BCUT2D eigenvalue weighted by Gasteiger charge is 2.17. The SMILES string of the molecule is CC(C)(C)OC(=O)NC(O)CCCCO. The first-order valence-corrected chi connectivity index (χ1v) is 5.13. The van der Waals surface area contributed by atoms with Gasteiger partial charge in [-0.15, -0.1) is 0 Å². The summed E-state index contributed by atoms with van der Waals surface area (Å²) >= 11 is 0. The lowest BCUT2D eigenvalue weighted by atomic mass is 10.2. The molecular weight excluding hydrogens is 198 g/mol. The monoisotopic (exact) mass is 219 g/mol. The Kier molecular flexibility index (Phi) is 6.27. The smallest absolute Gasteiger partial charge is 0.409 e. The van der Waals surface area contributed by atoms with E-state index in [4.69, 9.17) is 9.84 Å². The van der Waals surface area contributed by atoms with Crippen molar-refractivity contribution in [3.63, 3.8) is 0 Å². The number of aliphatic hydroxyl groups is 2. The Balaban J connectivity index is 3.67. The van der Waals surface area contributed by atoms with E-state index in [0.717, 1.165) is 0 Å². The highest BCUT2D eigenvalue weighted by atomic mass is 16.6. The van der Waals surface area contributed by atoms with Crippen molar-refractivity contribution in [1.29, 1.82) is 0 Å². The molecule has 0 aromatic heterocycles. The van der Waals surface area contributed by atoms with Crippen LogP contribution in [0, 0.1) is 0 Å². The predicted molar refractivity (Wildman–Crippen MR) is 56.3 cm³/mol. The number of amides is 1. The van der Waals surface area contributed by atoms with Crippen molar-refractivity contribution < 1.29 is 19.7 Å². The van der Waals surface area contributed by atoms with Crippen LogP contribution in [0.5, 0.6) is 0 Å². The summed E-state index contributed by atoms with van der Waals surface area (Å²) in [5.74, 6) is 0. The summed E-state index contributed by atoms with van der Waals surface area (Å²) in [7, 11) is 0. The number of nitrogens with one attached hydrogen (secondary N) is 1. The molecule has 0 radical (unpaired) electrons. The fraction of sp³-hybridized carbons (Fsp3) is 0.900. The minimum Gasteiger partial charge on any atom is -0.444 e. The Bertz CT molecular complexity index is 188. The molecule has 3 N–H and O–H groups in total. The van der Waals surface area contributed by atoms with Gasteiger partial charge in [0.2, 0.25) is 0 Å². The van der Waals surface area contributed by atoms with Crippen LogP contribution < -0.4 is 5.32 Å². The summed E-state index contributed by atoms with van der Waals surface area (Å²) in [5.41, 5.74) is -0.561. The minimum atomic E-state index is -0.911. The Hall–Kier alpha value is -0.810. The molecular formula is C10H21NO4. The first-order chi connectivity index (χ1) is 6.85. The molecule has 0 spiro atoms. The number of unbranched alkanes of at least 4 members (excludes halogenated alkanes) is 1. The van der Waals surface area contributed by atoms with Crippen LogP contribution in [0.2, 0.25) is 0 Å². The number of carbonyl (C=O) groups is 1. The summed E-state index contributed by atoms with van der Waals surface area (Å²) < 4.78 is 4.96. The Labute approximate surface area is 90.4 Å². The lowest BCUT2D eigenvalue weighted by molar-refractivity contribution is 0.0339. The van der Waals surface area contributed by atoms with Gasteiger partial charge in [0.25, 0.3) is 0 Å². The lowest BCUT2D eigenvalue weighted by Crippen LogP contribution is -2.39. The van der Waals surface area contributed by atoms with E-state index < -0.39 is 17.9 Å².